The summed E-state index contributed by atoms with van der Waals surface area (Å²) < 4.78 is 16.9. The molecule has 6 heteroatoms. The fraction of sp³-hybridized carbons (Fsp3) is 0.364. The van der Waals surface area contributed by atoms with Gasteiger partial charge in [0.05, 0.1) is 6.61 Å². The number of carbonyl (C=O) groups is 1. The number of oxazole rings is 1. The molecule has 0 radical (unpaired) electrons. The molecule has 1 fully saturated rings. The maximum absolute atomic E-state index is 12.3. The van der Waals surface area contributed by atoms with E-state index in [0.717, 1.165) is 35.6 Å². The van der Waals surface area contributed by atoms with Gasteiger partial charge in [0.1, 0.15) is 24.5 Å². The van der Waals surface area contributed by atoms with E-state index in [1.54, 1.807) is 0 Å². The number of benzene rings is 2. The normalized spacial score (nSPS) is 15.1. The fourth-order valence-electron chi connectivity index (χ4n) is 3.43. The topological polar surface area (TPSA) is 64.8 Å². The first-order valence-corrected chi connectivity index (χ1v) is 9.68. The van der Waals surface area contributed by atoms with E-state index >= 15 is 0 Å². The molecule has 1 saturated heterocycles. The molecule has 6 nitrogen and oxygen atoms in total. The standard InChI is InChI=1S/C22H24N2O4/c25-21(16-26-14-15-27-18-6-2-1-3-7-18)24-12-10-17(11-13-24)22-23-19-8-4-5-9-20(19)28-22/h1-9,17H,10-16H2. The van der Waals surface area contributed by atoms with Crippen LogP contribution < -0.4 is 4.74 Å². The Morgan fingerprint density at radius 3 is 2.57 bits per heavy atom. The van der Waals surface area contributed by atoms with E-state index in [9.17, 15) is 4.79 Å². The summed E-state index contributed by atoms with van der Waals surface area (Å²) >= 11 is 0. The van der Waals surface area contributed by atoms with Crippen LogP contribution in [-0.4, -0.2) is 48.7 Å². The monoisotopic (exact) mass is 380 g/mol. The van der Waals surface area contributed by atoms with Gasteiger partial charge in [0.2, 0.25) is 5.91 Å². The zero-order valence-electron chi connectivity index (χ0n) is 15.8. The third-order valence-corrected chi connectivity index (χ3v) is 4.97. The maximum Gasteiger partial charge on any atom is 0.248 e. The van der Waals surface area contributed by atoms with Crippen molar-refractivity contribution in [3.8, 4) is 5.75 Å². The molecule has 0 unspecified atom stereocenters. The van der Waals surface area contributed by atoms with E-state index in [4.69, 9.17) is 13.9 Å². The first kappa shape index (κ1) is 18.5. The number of piperidine rings is 1. The zero-order valence-corrected chi connectivity index (χ0v) is 15.8. The van der Waals surface area contributed by atoms with E-state index in [2.05, 4.69) is 4.98 Å². The maximum atomic E-state index is 12.3. The Hall–Kier alpha value is -2.86. The van der Waals surface area contributed by atoms with Gasteiger partial charge in [-0.2, -0.15) is 0 Å². The van der Waals surface area contributed by atoms with Crippen LogP contribution in [0.15, 0.2) is 59.0 Å². The summed E-state index contributed by atoms with van der Waals surface area (Å²) in [6, 6.07) is 17.4. The molecule has 28 heavy (non-hydrogen) atoms. The first-order chi connectivity index (χ1) is 13.8. The molecule has 0 bridgehead atoms. The van der Waals surface area contributed by atoms with Crippen LogP contribution in [0.25, 0.3) is 11.1 Å². The van der Waals surface area contributed by atoms with Crippen molar-refractivity contribution >= 4 is 17.0 Å². The Labute approximate surface area is 164 Å². The van der Waals surface area contributed by atoms with Gasteiger partial charge in [0.25, 0.3) is 0 Å². The summed E-state index contributed by atoms with van der Waals surface area (Å²) in [6.45, 7) is 2.31. The van der Waals surface area contributed by atoms with Gasteiger partial charge >= 0.3 is 0 Å². The SMILES string of the molecule is O=C(COCCOc1ccccc1)N1CCC(c2nc3ccccc3o2)CC1. The molecule has 0 saturated carbocycles. The van der Waals surface area contributed by atoms with Crippen molar-refractivity contribution in [1.29, 1.82) is 0 Å². The van der Waals surface area contributed by atoms with E-state index in [1.807, 2.05) is 59.5 Å². The summed E-state index contributed by atoms with van der Waals surface area (Å²) in [5, 5.41) is 0. The predicted molar refractivity (Wildman–Crippen MR) is 105 cm³/mol. The van der Waals surface area contributed by atoms with Crippen LogP contribution in [0.2, 0.25) is 0 Å². The van der Waals surface area contributed by atoms with Crippen molar-refractivity contribution in [2.75, 3.05) is 32.9 Å². The Morgan fingerprint density at radius 1 is 1.04 bits per heavy atom. The highest BCUT2D eigenvalue weighted by atomic mass is 16.5. The molecule has 2 aromatic carbocycles. The van der Waals surface area contributed by atoms with E-state index in [-0.39, 0.29) is 18.4 Å². The lowest BCUT2D eigenvalue weighted by Crippen LogP contribution is -2.40. The molecule has 3 aromatic rings. The molecular formula is C22H24N2O4. The van der Waals surface area contributed by atoms with Crippen LogP contribution >= 0.6 is 0 Å². The van der Waals surface area contributed by atoms with Crippen molar-refractivity contribution in [2.45, 2.75) is 18.8 Å². The van der Waals surface area contributed by atoms with Gasteiger partial charge in [-0.15, -0.1) is 0 Å². The lowest BCUT2D eigenvalue weighted by atomic mass is 9.97. The summed E-state index contributed by atoms with van der Waals surface area (Å²) in [6.07, 6.45) is 1.71. The van der Waals surface area contributed by atoms with Crippen LogP contribution in [0.4, 0.5) is 0 Å². The number of hydrogen-bond acceptors (Lipinski definition) is 5. The van der Waals surface area contributed by atoms with Gasteiger partial charge in [-0.25, -0.2) is 4.98 Å². The van der Waals surface area contributed by atoms with E-state index < -0.39 is 0 Å². The van der Waals surface area contributed by atoms with Crippen molar-refractivity contribution in [1.82, 2.24) is 9.88 Å². The number of fused-ring (bicyclic) bond motifs is 1. The first-order valence-electron chi connectivity index (χ1n) is 9.68. The van der Waals surface area contributed by atoms with Gasteiger partial charge in [-0.3, -0.25) is 4.79 Å². The summed E-state index contributed by atoms with van der Waals surface area (Å²) in [5.74, 6) is 1.87. The van der Waals surface area contributed by atoms with Gasteiger partial charge in [0.15, 0.2) is 11.5 Å². The van der Waals surface area contributed by atoms with E-state index in [0.29, 0.717) is 26.3 Å². The minimum Gasteiger partial charge on any atom is -0.491 e. The molecular weight excluding hydrogens is 356 g/mol. The van der Waals surface area contributed by atoms with Crippen molar-refractivity contribution in [2.24, 2.45) is 0 Å². The summed E-state index contributed by atoms with van der Waals surface area (Å²) in [4.78, 5) is 18.8. The number of para-hydroxylation sites is 3. The highest BCUT2D eigenvalue weighted by molar-refractivity contribution is 5.77. The van der Waals surface area contributed by atoms with Crippen LogP contribution in [0.5, 0.6) is 5.75 Å². The fourth-order valence-corrected chi connectivity index (χ4v) is 3.43. The molecule has 0 N–H and O–H groups in total. The summed E-state index contributed by atoms with van der Waals surface area (Å²) in [7, 11) is 0. The second-order valence-corrected chi connectivity index (χ2v) is 6.89. The molecule has 2 heterocycles. The third kappa shape index (κ3) is 4.51. The number of likely N-dealkylation sites (tertiary alicyclic amines) is 1. The zero-order chi connectivity index (χ0) is 19.2. The molecule has 0 aliphatic carbocycles. The minimum absolute atomic E-state index is 0.0238. The molecule has 4 rings (SSSR count). The highest BCUT2D eigenvalue weighted by Gasteiger charge is 2.26. The van der Waals surface area contributed by atoms with Crippen molar-refractivity contribution < 1.29 is 18.7 Å². The number of amides is 1. The van der Waals surface area contributed by atoms with Gasteiger partial charge in [0, 0.05) is 19.0 Å². The second kappa shape index (κ2) is 8.89. The Kier molecular flexibility index (Phi) is 5.87. The lowest BCUT2D eigenvalue weighted by Gasteiger charge is -2.30. The predicted octanol–water partition coefficient (Wildman–Crippen LogP) is 3.63. The number of carbonyl (C=O) groups excluding carboxylic acids is 1. The second-order valence-electron chi connectivity index (χ2n) is 6.89. The summed E-state index contributed by atoms with van der Waals surface area (Å²) in [5.41, 5.74) is 1.71. The van der Waals surface area contributed by atoms with Gasteiger partial charge in [-0.1, -0.05) is 30.3 Å². The smallest absolute Gasteiger partial charge is 0.248 e. The quantitative estimate of drug-likeness (QED) is 0.586. The van der Waals surface area contributed by atoms with Crippen LogP contribution in [0.3, 0.4) is 0 Å². The van der Waals surface area contributed by atoms with Crippen LogP contribution in [-0.2, 0) is 9.53 Å². The molecule has 1 aliphatic rings. The molecule has 0 atom stereocenters. The van der Waals surface area contributed by atoms with Crippen molar-refractivity contribution in [3.63, 3.8) is 0 Å². The molecule has 1 aliphatic heterocycles. The Morgan fingerprint density at radius 2 is 1.79 bits per heavy atom. The van der Waals surface area contributed by atoms with Crippen LogP contribution in [0.1, 0.15) is 24.7 Å². The number of nitrogens with zero attached hydrogens (tertiary/aromatic N) is 2. The average molecular weight is 380 g/mol. The molecule has 146 valence electrons. The number of ether oxygens (including phenoxy) is 2. The lowest BCUT2D eigenvalue weighted by molar-refractivity contribution is -0.137. The number of aromatic nitrogens is 1. The number of hydrogen-bond donors (Lipinski definition) is 0. The minimum atomic E-state index is 0.0238. The average Bonchev–Trinajstić information content (AvgIpc) is 3.18. The molecule has 1 amide bonds. The largest absolute Gasteiger partial charge is 0.491 e. The number of rotatable bonds is 7. The van der Waals surface area contributed by atoms with Gasteiger partial charge < -0.3 is 18.8 Å². The highest BCUT2D eigenvalue weighted by Crippen LogP contribution is 2.29. The molecule has 1 aromatic heterocycles. The van der Waals surface area contributed by atoms with Crippen LogP contribution in [0, 0.1) is 0 Å². The third-order valence-electron chi connectivity index (χ3n) is 4.97. The van der Waals surface area contributed by atoms with Gasteiger partial charge in [-0.05, 0) is 37.1 Å². The van der Waals surface area contributed by atoms with Crippen molar-refractivity contribution in [3.05, 3.63) is 60.5 Å². The Bertz CT molecular complexity index is 868. The van der Waals surface area contributed by atoms with E-state index in [1.165, 1.54) is 0 Å². The Balaban J connectivity index is 1.17. The molecule has 0 spiro atoms.